The summed E-state index contributed by atoms with van der Waals surface area (Å²) < 4.78 is 56.2. The van der Waals surface area contributed by atoms with E-state index in [0.717, 1.165) is 25.7 Å². The molecule has 12 heteroatoms. The molecule has 10 nitrogen and oxygen atoms in total. The number of amides is 1. The Hall–Kier alpha value is -4.73. The lowest BCUT2D eigenvalue weighted by Crippen LogP contribution is -2.57. The third kappa shape index (κ3) is 6.24. The number of carbonyl (C=O) groups excluding carboxylic acids is 1. The van der Waals surface area contributed by atoms with Gasteiger partial charge in [0.25, 0.3) is 0 Å². The Bertz CT molecular complexity index is 2010. The van der Waals surface area contributed by atoms with Gasteiger partial charge in [0.15, 0.2) is 12.6 Å². The summed E-state index contributed by atoms with van der Waals surface area (Å²) in [7, 11) is 1.48. The van der Waals surface area contributed by atoms with Crippen LogP contribution in [-0.2, 0) is 9.47 Å². The molecule has 2 saturated heterocycles. The van der Waals surface area contributed by atoms with Gasteiger partial charge in [-0.1, -0.05) is 18.1 Å². The van der Waals surface area contributed by atoms with Crippen molar-refractivity contribution in [2.75, 3.05) is 45.1 Å². The van der Waals surface area contributed by atoms with Gasteiger partial charge in [0.05, 0.1) is 30.9 Å². The van der Waals surface area contributed by atoms with Crippen molar-refractivity contribution < 1.29 is 37.6 Å². The van der Waals surface area contributed by atoms with E-state index in [-0.39, 0.29) is 66.2 Å². The van der Waals surface area contributed by atoms with Crippen molar-refractivity contribution in [2.24, 2.45) is 5.41 Å². The monoisotopic (exact) mass is 686 g/mol. The van der Waals surface area contributed by atoms with Crippen molar-refractivity contribution >= 4 is 33.6 Å². The summed E-state index contributed by atoms with van der Waals surface area (Å²) in [4.78, 5) is 26.1. The number of aliphatic hydroxyl groups excluding tert-OH is 1. The Kier molecular flexibility index (Phi) is 8.68. The number of hydrogen-bond donors (Lipinski definition) is 1. The normalized spacial score (nSPS) is 19.5. The van der Waals surface area contributed by atoms with Crippen molar-refractivity contribution in [1.82, 2.24) is 14.9 Å². The largest absolute Gasteiger partial charge is 0.468 e. The highest BCUT2D eigenvalue weighted by Gasteiger charge is 2.46. The first-order chi connectivity index (χ1) is 23.9. The first kappa shape index (κ1) is 33.8. The Balaban J connectivity index is 1.36. The lowest BCUT2D eigenvalue weighted by atomic mass is 9.93. The summed E-state index contributed by atoms with van der Waals surface area (Å²) >= 11 is 0. The molecule has 3 aromatic carbocycles. The fourth-order valence-corrected chi connectivity index (χ4v) is 7.07. The second kappa shape index (κ2) is 12.9. The average molecular weight is 687 g/mol. The maximum absolute atomic E-state index is 17.1. The molecule has 50 heavy (non-hydrogen) atoms. The Labute approximate surface area is 289 Å². The van der Waals surface area contributed by atoms with Gasteiger partial charge in [0.2, 0.25) is 0 Å². The SMILES string of the molecule is C#Cc1cccc2cc(OCOC)cc(-c3c(F)cc4c(N5CC6CCC(C5)N6C(=O)OC(C)(C)C)nc(OCC5(CO)CC5)nc4c3F)c12. The molecule has 1 amide bonds. The molecular formula is C38H40F2N4O6. The molecule has 262 valence electrons. The number of carbonyl (C=O) groups is 1. The first-order valence-corrected chi connectivity index (χ1v) is 16.8. The average Bonchev–Trinajstić information content (AvgIpc) is 3.82. The van der Waals surface area contributed by atoms with Gasteiger partial charge in [-0.15, -0.1) is 6.42 Å². The molecule has 2 aliphatic heterocycles. The lowest BCUT2D eigenvalue weighted by Gasteiger charge is -2.42. The van der Waals surface area contributed by atoms with Gasteiger partial charge in [-0.3, -0.25) is 4.90 Å². The minimum atomic E-state index is -0.913. The standard InChI is InChI=1S/C38H40F2N4O6/c1-6-22-8-7-9-23-14-26(49-21-47-5)15-27(30(22)23)31-29(39)16-28-33(32(31)40)41-35(48-20-38(19-45)12-13-38)42-34(28)43-17-24-10-11-25(18-43)44(24)36(46)50-37(2,3)4/h1,7-9,14-16,24-25,45H,10-13,17-21H2,2-5H3. The number of anilines is 1. The molecular weight excluding hydrogens is 646 g/mol. The van der Waals surface area contributed by atoms with E-state index in [1.54, 1.807) is 35.2 Å². The zero-order chi connectivity index (χ0) is 35.4. The smallest absolute Gasteiger partial charge is 0.410 e. The molecule has 1 aliphatic carbocycles. The zero-order valence-electron chi connectivity index (χ0n) is 28.6. The summed E-state index contributed by atoms with van der Waals surface area (Å²) in [6.07, 6.45) is 8.57. The number of terminal acetylenes is 1. The van der Waals surface area contributed by atoms with Crippen molar-refractivity contribution in [3.8, 4) is 35.2 Å². The highest BCUT2D eigenvalue weighted by molar-refractivity contribution is 6.04. The maximum atomic E-state index is 17.1. The van der Waals surface area contributed by atoms with Gasteiger partial charge < -0.3 is 29.0 Å². The first-order valence-electron chi connectivity index (χ1n) is 16.8. The Morgan fingerprint density at radius 2 is 1.84 bits per heavy atom. The molecule has 3 fully saturated rings. The van der Waals surface area contributed by atoms with Crippen molar-refractivity contribution in [2.45, 2.75) is 64.1 Å². The number of piperazine rings is 1. The number of ether oxygens (including phenoxy) is 4. The summed E-state index contributed by atoms with van der Waals surface area (Å²) in [6.45, 7) is 6.27. The summed E-state index contributed by atoms with van der Waals surface area (Å²) in [5.41, 5.74) is -0.845. The van der Waals surface area contributed by atoms with Gasteiger partial charge in [-0.25, -0.2) is 13.6 Å². The molecule has 1 aromatic heterocycles. The minimum Gasteiger partial charge on any atom is -0.468 e. The molecule has 0 spiro atoms. The van der Waals surface area contributed by atoms with E-state index in [0.29, 0.717) is 41.0 Å². The molecule has 7 rings (SSSR count). The van der Waals surface area contributed by atoms with E-state index in [1.807, 2.05) is 25.7 Å². The number of nitrogens with zero attached hydrogens (tertiary/aromatic N) is 4. The molecule has 4 aromatic rings. The van der Waals surface area contributed by atoms with Crippen LogP contribution in [0.1, 0.15) is 52.0 Å². The number of aromatic nitrogens is 2. The van der Waals surface area contributed by atoms with Crippen LogP contribution < -0.4 is 14.4 Å². The highest BCUT2D eigenvalue weighted by Crippen LogP contribution is 2.46. The second-order valence-electron chi connectivity index (χ2n) is 14.5. The van der Waals surface area contributed by atoms with E-state index in [2.05, 4.69) is 10.9 Å². The fourth-order valence-electron chi connectivity index (χ4n) is 7.07. The summed E-state index contributed by atoms with van der Waals surface area (Å²) in [5, 5.41) is 11.2. The minimum absolute atomic E-state index is 0.0563. The predicted octanol–water partition coefficient (Wildman–Crippen LogP) is 6.43. The van der Waals surface area contributed by atoms with Gasteiger partial charge in [0.1, 0.15) is 28.5 Å². The van der Waals surface area contributed by atoms with Gasteiger partial charge >= 0.3 is 12.1 Å². The van der Waals surface area contributed by atoms with Gasteiger partial charge in [-0.05, 0) is 76.1 Å². The van der Waals surface area contributed by atoms with E-state index in [9.17, 15) is 9.90 Å². The molecule has 2 unspecified atom stereocenters. The summed E-state index contributed by atoms with van der Waals surface area (Å²) in [5.74, 6) is 1.53. The number of halogens is 2. The second-order valence-corrected chi connectivity index (χ2v) is 14.5. The molecule has 2 atom stereocenters. The number of methoxy groups -OCH3 is 1. The fraction of sp³-hybridized carbons (Fsp3) is 0.447. The molecule has 0 radical (unpaired) electrons. The van der Waals surface area contributed by atoms with Crippen LogP contribution in [0.5, 0.6) is 11.8 Å². The number of hydrogen-bond acceptors (Lipinski definition) is 9. The van der Waals surface area contributed by atoms with Crippen LogP contribution in [0.4, 0.5) is 19.4 Å². The highest BCUT2D eigenvalue weighted by atomic mass is 19.1. The summed E-state index contributed by atoms with van der Waals surface area (Å²) in [6, 6.07) is 9.36. The maximum Gasteiger partial charge on any atom is 0.410 e. The number of fused-ring (bicyclic) bond motifs is 4. The van der Waals surface area contributed by atoms with E-state index in [1.165, 1.54) is 13.2 Å². The topological polar surface area (TPSA) is 106 Å². The van der Waals surface area contributed by atoms with E-state index < -0.39 is 22.7 Å². The lowest BCUT2D eigenvalue weighted by molar-refractivity contribution is 0.0122. The molecule has 3 heterocycles. The van der Waals surface area contributed by atoms with Crippen LogP contribution in [0.2, 0.25) is 0 Å². The van der Waals surface area contributed by atoms with Gasteiger partial charge in [-0.2, -0.15) is 9.97 Å². The van der Waals surface area contributed by atoms with Crippen molar-refractivity contribution in [3.63, 3.8) is 0 Å². The van der Waals surface area contributed by atoms with Crippen molar-refractivity contribution in [1.29, 1.82) is 0 Å². The third-order valence-electron chi connectivity index (χ3n) is 9.75. The third-order valence-corrected chi connectivity index (χ3v) is 9.75. The van der Waals surface area contributed by atoms with Crippen LogP contribution in [0, 0.1) is 29.4 Å². The van der Waals surface area contributed by atoms with Crippen LogP contribution in [-0.4, -0.2) is 84.0 Å². The molecule has 2 bridgehead atoms. The van der Waals surface area contributed by atoms with Crippen molar-refractivity contribution in [3.05, 3.63) is 53.6 Å². The zero-order valence-corrected chi connectivity index (χ0v) is 28.6. The molecule has 1 N–H and O–H groups in total. The number of rotatable bonds is 9. The Morgan fingerprint density at radius 3 is 2.48 bits per heavy atom. The van der Waals surface area contributed by atoms with Crippen LogP contribution in [0.15, 0.2) is 36.4 Å². The van der Waals surface area contributed by atoms with E-state index >= 15 is 8.78 Å². The quantitative estimate of drug-likeness (QED) is 0.158. The molecule has 1 saturated carbocycles. The Morgan fingerprint density at radius 1 is 1.10 bits per heavy atom. The van der Waals surface area contributed by atoms with E-state index in [4.69, 9.17) is 30.4 Å². The van der Waals surface area contributed by atoms with Crippen LogP contribution in [0.25, 0.3) is 32.8 Å². The van der Waals surface area contributed by atoms with Crippen LogP contribution >= 0.6 is 0 Å². The predicted molar refractivity (Wildman–Crippen MR) is 184 cm³/mol. The number of aliphatic hydroxyl groups is 1. The van der Waals surface area contributed by atoms with Gasteiger partial charge in [0, 0.05) is 47.5 Å². The molecule has 3 aliphatic rings. The van der Waals surface area contributed by atoms with Crippen LogP contribution in [0.3, 0.4) is 0 Å². The number of benzene rings is 3.